The quantitative estimate of drug-likeness (QED) is 0.864. The smallest absolute Gasteiger partial charge is 0.275 e. The summed E-state index contributed by atoms with van der Waals surface area (Å²) in [7, 11) is -3.28. The molecule has 1 aromatic carbocycles. The largest absolute Gasteiger partial charge is 0.332 e. The molecule has 23 heavy (non-hydrogen) atoms. The van der Waals surface area contributed by atoms with Crippen LogP contribution in [0.2, 0.25) is 0 Å². The fraction of sp³-hybridized carbons (Fsp3) is 0.467. The lowest BCUT2D eigenvalue weighted by atomic mass is 10.1. The number of likely N-dealkylation sites (tertiary alicyclic amines) is 1. The van der Waals surface area contributed by atoms with Gasteiger partial charge in [0, 0.05) is 24.0 Å². The fourth-order valence-corrected chi connectivity index (χ4v) is 4.73. The number of fused-ring (bicyclic) bond motifs is 3. The van der Waals surface area contributed by atoms with Crippen LogP contribution in [0.5, 0.6) is 0 Å². The molecule has 4 rings (SSSR count). The van der Waals surface area contributed by atoms with Crippen molar-refractivity contribution < 1.29 is 13.2 Å². The van der Waals surface area contributed by atoms with Gasteiger partial charge >= 0.3 is 0 Å². The van der Waals surface area contributed by atoms with Crippen LogP contribution in [-0.4, -0.2) is 54.3 Å². The number of rotatable bonds is 3. The molecule has 1 aliphatic carbocycles. The molecule has 2 heterocycles. The van der Waals surface area contributed by atoms with E-state index in [1.54, 1.807) is 4.90 Å². The number of piperidine rings is 1. The van der Waals surface area contributed by atoms with E-state index in [0.717, 1.165) is 30.0 Å². The second-order valence-electron chi connectivity index (χ2n) is 6.48. The van der Waals surface area contributed by atoms with Crippen LogP contribution < -0.4 is 4.72 Å². The summed E-state index contributed by atoms with van der Waals surface area (Å²) in [4.78, 5) is 14.7. The molecule has 1 amide bonds. The molecular weight excluding hydrogens is 316 g/mol. The number of para-hydroxylation sites is 1. The number of nitrogens with zero attached hydrogens (tertiary/aromatic N) is 2. The zero-order valence-corrected chi connectivity index (χ0v) is 13.5. The van der Waals surface area contributed by atoms with Gasteiger partial charge in [-0.1, -0.05) is 18.2 Å². The highest BCUT2D eigenvalue weighted by Gasteiger charge is 2.48. The Morgan fingerprint density at radius 3 is 2.87 bits per heavy atom. The van der Waals surface area contributed by atoms with Crippen molar-refractivity contribution in [1.29, 1.82) is 0 Å². The molecule has 2 fully saturated rings. The summed E-state index contributed by atoms with van der Waals surface area (Å²) in [6, 6.07) is 7.23. The molecule has 7 nitrogen and oxygen atoms in total. The normalized spacial score (nSPS) is 27.0. The maximum Gasteiger partial charge on any atom is 0.275 e. The third kappa shape index (κ3) is 2.51. The average molecular weight is 334 g/mol. The fourth-order valence-electron chi connectivity index (χ4n) is 3.92. The number of nitrogens with one attached hydrogen (secondary N) is 2. The summed E-state index contributed by atoms with van der Waals surface area (Å²) < 4.78 is 25.7. The van der Waals surface area contributed by atoms with Gasteiger partial charge in [-0.15, -0.1) is 0 Å². The second kappa shape index (κ2) is 5.04. The van der Waals surface area contributed by atoms with Crippen LogP contribution in [0.25, 0.3) is 10.9 Å². The van der Waals surface area contributed by atoms with Gasteiger partial charge in [-0.25, -0.2) is 13.1 Å². The predicted octanol–water partition coefficient (Wildman–Crippen LogP) is 0.715. The van der Waals surface area contributed by atoms with Gasteiger partial charge in [0.2, 0.25) is 10.0 Å². The monoisotopic (exact) mass is 334 g/mol. The molecule has 122 valence electrons. The second-order valence-corrected chi connectivity index (χ2v) is 8.26. The number of hydrogen-bond acceptors (Lipinski definition) is 4. The van der Waals surface area contributed by atoms with Crippen molar-refractivity contribution in [3.8, 4) is 0 Å². The molecule has 1 saturated heterocycles. The lowest BCUT2D eigenvalue weighted by Gasteiger charge is -2.32. The van der Waals surface area contributed by atoms with Gasteiger partial charge in [0.1, 0.15) is 0 Å². The maximum atomic E-state index is 12.9. The number of amides is 1. The Morgan fingerprint density at radius 1 is 1.35 bits per heavy atom. The Kier molecular flexibility index (Phi) is 3.21. The van der Waals surface area contributed by atoms with Crippen molar-refractivity contribution in [2.45, 2.75) is 24.9 Å². The standard InChI is InChI=1S/C15H18N4O3S/c1-23(21,22)18-12-6-9-7-13(12)19(8-9)15(20)14-10-4-2-3-5-11(10)16-17-14/h2-5,9,12-13,18H,6-8H2,1H3,(H,16,17). The van der Waals surface area contributed by atoms with Crippen molar-refractivity contribution in [1.82, 2.24) is 19.8 Å². The maximum absolute atomic E-state index is 12.9. The topological polar surface area (TPSA) is 95.2 Å². The molecule has 8 heteroatoms. The van der Waals surface area contributed by atoms with Crippen LogP contribution in [0.1, 0.15) is 23.3 Å². The summed E-state index contributed by atoms with van der Waals surface area (Å²) in [5, 5.41) is 7.84. The molecule has 1 aromatic heterocycles. The number of carbonyl (C=O) groups excluding carboxylic acids is 1. The van der Waals surface area contributed by atoms with Gasteiger partial charge in [-0.05, 0) is 24.8 Å². The first-order valence-corrected chi connectivity index (χ1v) is 9.53. The van der Waals surface area contributed by atoms with E-state index < -0.39 is 10.0 Å². The Hall–Kier alpha value is -1.93. The number of aromatic amines is 1. The van der Waals surface area contributed by atoms with Crippen molar-refractivity contribution in [2.24, 2.45) is 5.92 Å². The predicted molar refractivity (Wildman–Crippen MR) is 85.4 cm³/mol. The van der Waals surface area contributed by atoms with E-state index in [0.29, 0.717) is 18.2 Å². The molecule has 0 radical (unpaired) electrons. The number of benzene rings is 1. The molecule has 3 unspecified atom stereocenters. The van der Waals surface area contributed by atoms with E-state index in [1.165, 1.54) is 0 Å². The molecular formula is C15H18N4O3S. The minimum Gasteiger partial charge on any atom is -0.332 e. The summed E-state index contributed by atoms with van der Waals surface area (Å²) in [5.41, 5.74) is 1.23. The number of hydrogen-bond donors (Lipinski definition) is 2. The van der Waals surface area contributed by atoms with Crippen LogP contribution in [0.15, 0.2) is 24.3 Å². The highest BCUT2D eigenvalue weighted by atomic mass is 32.2. The van der Waals surface area contributed by atoms with Crippen LogP contribution >= 0.6 is 0 Å². The highest BCUT2D eigenvalue weighted by Crippen LogP contribution is 2.39. The number of aromatic nitrogens is 2. The molecule has 2 N–H and O–H groups in total. The summed E-state index contributed by atoms with van der Waals surface area (Å²) in [5.74, 6) is 0.225. The molecule has 2 aliphatic rings. The van der Waals surface area contributed by atoms with Gasteiger partial charge in [0.05, 0.1) is 11.8 Å². The van der Waals surface area contributed by atoms with Crippen molar-refractivity contribution in [2.75, 3.05) is 12.8 Å². The van der Waals surface area contributed by atoms with Gasteiger partial charge in [0.15, 0.2) is 5.69 Å². The molecule has 1 aliphatic heterocycles. The lowest BCUT2D eigenvalue weighted by Crippen LogP contribution is -2.51. The van der Waals surface area contributed by atoms with E-state index in [9.17, 15) is 13.2 Å². The minimum absolute atomic E-state index is 0.0855. The van der Waals surface area contributed by atoms with Crippen LogP contribution in [-0.2, 0) is 10.0 Å². The van der Waals surface area contributed by atoms with Crippen LogP contribution in [0, 0.1) is 5.92 Å². The SMILES string of the molecule is CS(=O)(=O)NC1CC2CC1N(C(=O)c1n[nH]c3ccccc13)C2. The van der Waals surface area contributed by atoms with E-state index in [2.05, 4.69) is 14.9 Å². The third-order valence-corrected chi connectivity index (χ3v) is 5.51. The lowest BCUT2D eigenvalue weighted by molar-refractivity contribution is 0.0674. The number of carbonyl (C=O) groups is 1. The van der Waals surface area contributed by atoms with Gasteiger partial charge < -0.3 is 4.90 Å². The Labute approximate surface area is 134 Å². The van der Waals surface area contributed by atoms with Gasteiger partial charge in [-0.3, -0.25) is 9.89 Å². The van der Waals surface area contributed by atoms with E-state index in [1.807, 2.05) is 24.3 Å². The Balaban J connectivity index is 1.62. The average Bonchev–Trinajstić information content (AvgIpc) is 3.17. The summed E-state index contributed by atoms with van der Waals surface area (Å²) in [6.45, 7) is 0.673. The molecule has 3 atom stereocenters. The van der Waals surface area contributed by atoms with E-state index in [-0.39, 0.29) is 18.0 Å². The first kappa shape index (κ1) is 14.6. The summed E-state index contributed by atoms with van der Waals surface area (Å²) >= 11 is 0. The zero-order valence-electron chi connectivity index (χ0n) is 12.7. The third-order valence-electron chi connectivity index (χ3n) is 4.78. The van der Waals surface area contributed by atoms with Crippen molar-refractivity contribution in [3.05, 3.63) is 30.0 Å². The zero-order chi connectivity index (χ0) is 16.2. The van der Waals surface area contributed by atoms with E-state index >= 15 is 0 Å². The molecule has 0 spiro atoms. The minimum atomic E-state index is -3.28. The number of sulfonamides is 1. The first-order valence-electron chi connectivity index (χ1n) is 7.64. The summed E-state index contributed by atoms with van der Waals surface area (Å²) in [6.07, 6.45) is 2.80. The van der Waals surface area contributed by atoms with E-state index in [4.69, 9.17) is 0 Å². The molecule has 1 saturated carbocycles. The highest BCUT2D eigenvalue weighted by molar-refractivity contribution is 7.88. The molecule has 2 bridgehead atoms. The van der Waals surface area contributed by atoms with Crippen LogP contribution in [0.3, 0.4) is 0 Å². The molecule has 2 aromatic rings. The Bertz CT molecular complexity index is 876. The first-order chi connectivity index (χ1) is 10.9. The van der Waals surface area contributed by atoms with Crippen molar-refractivity contribution in [3.63, 3.8) is 0 Å². The van der Waals surface area contributed by atoms with Gasteiger partial charge in [-0.2, -0.15) is 5.10 Å². The van der Waals surface area contributed by atoms with Gasteiger partial charge in [0.25, 0.3) is 5.91 Å². The number of H-pyrrole nitrogens is 1. The van der Waals surface area contributed by atoms with Crippen molar-refractivity contribution >= 4 is 26.8 Å². The Morgan fingerprint density at radius 2 is 2.13 bits per heavy atom. The van der Waals surface area contributed by atoms with Crippen LogP contribution in [0.4, 0.5) is 0 Å².